The zero-order valence-corrected chi connectivity index (χ0v) is 46.0. The molecule has 1 heterocycles. The molecule has 0 unspecified atom stereocenters. The van der Waals surface area contributed by atoms with Crippen molar-refractivity contribution in [1.82, 2.24) is 4.57 Å². The van der Waals surface area contributed by atoms with Gasteiger partial charge in [-0.05, 0) is 167 Å². The van der Waals surface area contributed by atoms with Gasteiger partial charge in [-0.2, -0.15) is 0 Å². The number of nitrogens with zero attached hydrogens (tertiary/aromatic N) is 1. The number of hydrogen-bond donors (Lipinski definition) is 2. The number of hydrogen-bond acceptors (Lipinski definition) is 4. The Kier molecular flexibility index (Phi) is 13.4. The third-order valence-electron chi connectivity index (χ3n) is 16.7. The smallest absolute Gasteiger partial charge is 0.135 e. The topological polar surface area (TPSA) is 63.9 Å². The maximum Gasteiger partial charge on any atom is 0.135 e. The van der Waals surface area contributed by atoms with Crippen LogP contribution < -0.4 is 9.47 Å². The minimum absolute atomic E-state index is 0.110. The number of aliphatic hydroxyl groups excluding tert-OH is 2. The van der Waals surface area contributed by atoms with E-state index in [0.717, 1.165) is 132 Å². The van der Waals surface area contributed by atoms with Crippen LogP contribution in [0.15, 0.2) is 279 Å². The summed E-state index contributed by atoms with van der Waals surface area (Å²) in [6, 6.07) is 100. The molecule has 2 N–H and O–H groups in total. The Morgan fingerprint density at radius 2 is 0.651 bits per heavy atom. The van der Waals surface area contributed by atoms with E-state index in [1.807, 2.05) is 0 Å². The van der Waals surface area contributed by atoms with Crippen molar-refractivity contribution in [2.45, 2.75) is 12.3 Å². The second-order valence-corrected chi connectivity index (χ2v) is 21.7. The van der Waals surface area contributed by atoms with Crippen LogP contribution in [0.3, 0.4) is 0 Å². The van der Waals surface area contributed by atoms with E-state index in [9.17, 15) is 10.2 Å². The summed E-state index contributed by atoms with van der Waals surface area (Å²) >= 11 is 0. The van der Waals surface area contributed by atoms with Crippen molar-refractivity contribution in [1.29, 1.82) is 0 Å². The molecule has 14 aromatic rings. The molecule has 5 heteroatoms. The SMILES string of the molecule is CC(c1ccc(-c2cc3ccccc3n2-c2ccccc2)cc1)(c1cc(-c2ccc3ccccc3c2)c(OCCO)c(-c2ccc3ccccc3c2)c1)c1cc(-c2ccc3ccccc3c2)c(OCCO)c(-c2ccc3ccccc3c2)c1. The molecule has 0 bridgehead atoms. The predicted octanol–water partition coefficient (Wildman–Crippen LogP) is 18.7. The molecular weight excluding hydrogens is 1010 g/mol. The van der Waals surface area contributed by atoms with Crippen LogP contribution in [0.4, 0.5) is 0 Å². The Balaban J connectivity index is 1.09. The number of para-hydroxylation sites is 2. The summed E-state index contributed by atoms with van der Waals surface area (Å²) in [7, 11) is 0. The maximum atomic E-state index is 10.5. The minimum Gasteiger partial charge on any atom is -0.490 e. The van der Waals surface area contributed by atoms with Crippen molar-refractivity contribution in [2.75, 3.05) is 26.4 Å². The molecule has 0 amide bonds. The van der Waals surface area contributed by atoms with Crippen LogP contribution in [-0.2, 0) is 5.41 Å². The van der Waals surface area contributed by atoms with E-state index in [-0.39, 0.29) is 26.4 Å². The highest BCUT2D eigenvalue weighted by Gasteiger charge is 2.36. The first-order valence-corrected chi connectivity index (χ1v) is 28.5. The van der Waals surface area contributed by atoms with Crippen LogP contribution >= 0.6 is 0 Å². The third-order valence-corrected chi connectivity index (χ3v) is 16.7. The molecule has 0 aliphatic rings. The molecule has 0 saturated heterocycles. The number of benzene rings is 13. The van der Waals surface area contributed by atoms with Crippen LogP contribution in [0.2, 0.25) is 0 Å². The van der Waals surface area contributed by atoms with E-state index >= 15 is 0 Å². The fraction of sp³-hybridized carbons (Fsp3) is 0.0769. The Morgan fingerprint density at radius 1 is 0.313 bits per heavy atom. The standard InChI is InChI=1S/C78H59NO4/c1-78(66-37-35-56(36-38-66)75-47-65-23-13-14-26-74(65)79(75)69-24-3-2-4-25-69,67-48-70(61-31-27-52-15-5-9-19-57(52)43-61)76(82-41-39-80)71(49-67)62-32-28-53-16-6-10-20-58(53)44-62)68-50-72(63-33-29-54-17-7-11-21-59(54)45-63)77(83-42-40-81)73(51-68)64-34-30-55-18-8-12-22-60(55)46-64/h2-38,43-51,80-81H,39-42H2,1H3. The number of rotatable bonds is 15. The maximum absolute atomic E-state index is 10.5. The number of fused-ring (bicyclic) bond motifs is 5. The average molecular weight is 1070 g/mol. The molecule has 0 aliphatic heterocycles. The van der Waals surface area contributed by atoms with Crippen LogP contribution in [0.1, 0.15) is 23.6 Å². The molecule has 400 valence electrons. The zero-order chi connectivity index (χ0) is 55.9. The van der Waals surface area contributed by atoms with E-state index in [1.54, 1.807) is 0 Å². The monoisotopic (exact) mass is 1070 g/mol. The van der Waals surface area contributed by atoms with Gasteiger partial charge in [0.1, 0.15) is 24.7 Å². The number of ether oxygens (including phenoxy) is 2. The third kappa shape index (κ3) is 9.46. The first-order chi connectivity index (χ1) is 40.9. The van der Waals surface area contributed by atoms with Gasteiger partial charge < -0.3 is 24.3 Å². The molecule has 1 aromatic heterocycles. The first-order valence-electron chi connectivity index (χ1n) is 28.5. The number of aliphatic hydroxyl groups is 2. The van der Waals surface area contributed by atoms with Crippen molar-refractivity contribution in [3.8, 4) is 73.0 Å². The van der Waals surface area contributed by atoms with Crippen molar-refractivity contribution in [2.24, 2.45) is 0 Å². The minimum atomic E-state index is -0.899. The second kappa shape index (κ2) is 21.8. The summed E-state index contributed by atoms with van der Waals surface area (Å²) in [5, 5.41) is 31.2. The largest absolute Gasteiger partial charge is 0.490 e. The molecule has 0 saturated carbocycles. The van der Waals surface area contributed by atoms with Crippen LogP contribution in [-0.4, -0.2) is 41.2 Å². The summed E-state index contributed by atoms with van der Waals surface area (Å²) in [5.41, 5.74) is 14.3. The normalized spacial score (nSPS) is 11.7. The molecule has 0 fully saturated rings. The molecule has 0 radical (unpaired) electrons. The Hall–Kier alpha value is -10.0. The van der Waals surface area contributed by atoms with Gasteiger partial charge >= 0.3 is 0 Å². The molecule has 83 heavy (non-hydrogen) atoms. The Morgan fingerprint density at radius 3 is 1.04 bits per heavy atom. The van der Waals surface area contributed by atoms with Gasteiger partial charge in [0, 0.05) is 38.7 Å². The van der Waals surface area contributed by atoms with Gasteiger partial charge in [0.15, 0.2) is 0 Å². The van der Waals surface area contributed by atoms with Gasteiger partial charge in [0.2, 0.25) is 0 Å². The quantitative estimate of drug-likeness (QED) is 0.100. The van der Waals surface area contributed by atoms with Crippen LogP contribution in [0.25, 0.3) is 115 Å². The fourth-order valence-corrected chi connectivity index (χ4v) is 12.4. The molecule has 5 nitrogen and oxygen atoms in total. The number of aromatic nitrogens is 1. The highest BCUT2D eigenvalue weighted by molar-refractivity contribution is 5.97. The summed E-state index contributed by atoms with van der Waals surface area (Å²) in [6.45, 7) is 2.28. The van der Waals surface area contributed by atoms with Gasteiger partial charge in [-0.15, -0.1) is 0 Å². The Labute approximate surface area is 483 Å². The van der Waals surface area contributed by atoms with E-state index < -0.39 is 5.41 Å². The summed E-state index contributed by atoms with van der Waals surface area (Å²) in [4.78, 5) is 0. The molecule has 0 aliphatic carbocycles. The zero-order valence-electron chi connectivity index (χ0n) is 46.0. The lowest BCUT2D eigenvalue weighted by molar-refractivity contribution is 0.202. The second-order valence-electron chi connectivity index (χ2n) is 21.7. The van der Waals surface area contributed by atoms with E-state index in [1.165, 1.54) is 0 Å². The van der Waals surface area contributed by atoms with Gasteiger partial charge in [-0.25, -0.2) is 0 Å². The van der Waals surface area contributed by atoms with Crippen LogP contribution in [0.5, 0.6) is 11.5 Å². The summed E-state index contributed by atoms with van der Waals surface area (Å²) in [6.07, 6.45) is 0. The van der Waals surface area contributed by atoms with Crippen molar-refractivity contribution < 1.29 is 19.7 Å². The van der Waals surface area contributed by atoms with Crippen molar-refractivity contribution in [3.05, 3.63) is 296 Å². The van der Waals surface area contributed by atoms with E-state index in [2.05, 4.69) is 291 Å². The van der Waals surface area contributed by atoms with Gasteiger partial charge in [0.25, 0.3) is 0 Å². The molecule has 0 atom stereocenters. The van der Waals surface area contributed by atoms with Crippen LogP contribution in [0, 0.1) is 0 Å². The van der Waals surface area contributed by atoms with Gasteiger partial charge in [-0.1, -0.05) is 206 Å². The molecule has 13 aromatic carbocycles. The molecular formula is C78H59NO4. The van der Waals surface area contributed by atoms with E-state index in [0.29, 0.717) is 11.5 Å². The van der Waals surface area contributed by atoms with Gasteiger partial charge in [0.05, 0.1) is 24.4 Å². The fourth-order valence-electron chi connectivity index (χ4n) is 12.4. The lowest BCUT2D eigenvalue weighted by Gasteiger charge is -2.35. The van der Waals surface area contributed by atoms with E-state index in [4.69, 9.17) is 9.47 Å². The lowest BCUT2D eigenvalue weighted by Crippen LogP contribution is -2.26. The molecule has 14 rings (SSSR count). The van der Waals surface area contributed by atoms with Crippen molar-refractivity contribution >= 4 is 54.0 Å². The Bertz CT molecular complexity index is 4310. The highest BCUT2D eigenvalue weighted by Crippen LogP contribution is 2.52. The highest BCUT2D eigenvalue weighted by atomic mass is 16.5. The molecule has 0 spiro atoms. The van der Waals surface area contributed by atoms with Crippen molar-refractivity contribution in [3.63, 3.8) is 0 Å². The average Bonchev–Trinajstić information content (AvgIpc) is 4.08. The summed E-state index contributed by atoms with van der Waals surface area (Å²) < 4.78 is 16.1. The lowest BCUT2D eigenvalue weighted by atomic mass is 9.68. The summed E-state index contributed by atoms with van der Waals surface area (Å²) in [5.74, 6) is 1.39. The van der Waals surface area contributed by atoms with Gasteiger partial charge in [-0.3, -0.25) is 0 Å². The predicted molar refractivity (Wildman–Crippen MR) is 344 cm³/mol. The first kappa shape index (κ1) is 51.1.